The van der Waals surface area contributed by atoms with Crippen LogP contribution in [0.3, 0.4) is 0 Å². The fraction of sp³-hybridized carbons (Fsp3) is 0.200. The summed E-state index contributed by atoms with van der Waals surface area (Å²) in [5.41, 5.74) is -1.98. The normalized spacial score (nSPS) is 11.8. The first kappa shape index (κ1) is 15.3. The molecule has 2 rings (SSSR count). The first-order valence-corrected chi connectivity index (χ1v) is 5.98. The minimum Gasteiger partial charge on any atom is -0.496 e. The van der Waals surface area contributed by atoms with E-state index in [1.807, 2.05) is 0 Å². The van der Waals surface area contributed by atoms with Crippen LogP contribution in [0.15, 0.2) is 42.5 Å². The molecule has 0 aromatic heterocycles. The second kappa shape index (κ2) is 5.71. The molecule has 0 aliphatic rings. The van der Waals surface area contributed by atoms with Gasteiger partial charge in [0.1, 0.15) is 5.75 Å². The molecule has 0 N–H and O–H groups in total. The molecule has 0 bridgehead atoms. The van der Waals surface area contributed by atoms with E-state index in [1.165, 1.54) is 43.5 Å². The lowest BCUT2D eigenvalue weighted by Gasteiger charge is -2.17. The predicted molar refractivity (Wildman–Crippen MR) is 68.4 cm³/mol. The van der Waals surface area contributed by atoms with Crippen molar-refractivity contribution >= 4 is 0 Å². The largest absolute Gasteiger partial charge is 0.496 e. The summed E-state index contributed by atoms with van der Waals surface area (Å²) in [7, 11) is 1.20. The van der Waals surface area contributed by atoms with Gasteiger partial charge in [0.15, 0.2) is 0 Å². The first-order valence-electron chi connectivity index (χ1n) is 5.98. The Morgan fingerprint density at radius 1 is 0.905 bits per heavy atom. The van der Waals surface area contributed by atoms with Crippen LogP contribution in [0, 0.1) is 0 Å². The van der Waals surface area contributed by atoms with Crippen LogP contribution in [0.2, 0.25) is 0 Å². The molecular weight excluding hydrogens is 291 g/mol. The number of methoxy groups -OCH3 is 1. The quantitative estimate of drug-likeness (QED) is 0.697. The summed E-state index contributed by atoms with van der Waals surface area (Å²) in [4.78, 5) is 0. The number of ether oxygens (including phenoxy) is 1. The summed E-state index contributed by atoms with van der Waals surface area (Å²) >= 11 is 0. The summed E-state index contributed by atoms with van der Waals surface area (Å²) in [5.74, 6) is -0.139. The van der Waals surface area contributed by atoms with Crippen molar-refractivity contribution in [1.29, 1.82) is 0 Å². The van der Waals surface area contributed by atoms with Crippen molar-refractivity contribution in [2.24, 2.45) is 0 Å². The third-order valence-electron chi connectivity index (χ3n) is 3.03. The van der Waals surface area contributed by atoms with Crippen LogP contribution in [0.5, 0.6) is 5.75 Å². The second-order valence-electron chi connectivity index (χ2n) is 4.27. The molecule has 1 nitrogen and oxygen atoms in total. The smallest absolute Gasteiger partial charge is 0.417 e. The third kappa shape index (κ3) is 2.99. The Morgan fingerprint density at radius 2 is 1.52 bits per heavy atom. The van der Waals surface area contributed by atoms with Gasteiger partial charge in [-0.05, 0) is 23.3 Å². The van der Waals surface area contributed by atoms with Gasteiger partial charge in [0.2, 0.25) is 0 Å². The van der Waals surface area contributed by atoms with Gasteiger partial charge < -0.3 is 4.74 Å². The average molecular weight is 302 g/mol. The highest BCUT2D eigenvalue weighted by Gasteiger charge is 2.34. The summed E-state index contributed by atoms with van der Waals surface area (Å²) < 4.78 is 70.4. The van der Waals surface area contributed by atoms with Crippen molar-refractivity contribution in [3.05, 3.63) is 53.6 Å². The van der Waals surface area contributed by atoms with Gasteiger partial charge in [-0.2, -0.15) is 13.2 Å². The lowest BCUT2D eigenvalue weighted by atomic mass is 9.94. The van der Waals surface area contributed by atoms with Crippen LogP contribution in [0.4, 0.5) is 22.0 Å². The second-order valence-corrected chi connectivity index (χ2v) is 4.27. The van der Waals surface area contributed by atoms with Crippen molar-refractivity contribution in [3.8, 4) is 16.9 Å². The van der Waals surface area contributed by atoms with Crippen LogP contribution in [0.25, 0.3) is 11.1 Å². The Hall–Kier alpha value is -2.11. The minimum atomic E-state index is -4.63. The van der Waals surface area contributed by atoms with E-state index in [-0.39, 0.29) is 16.9 Å². The Kier molecular flexibility index (Phi) is 4.16. The maximum Gasteiger partial charge on any atom is 0.417 e. The molecule has 0 saturated carbocycles. The highest BCUT2D eigenvalue weighted by atomic mass is 19.4. The number of hydrogen-bond donors (Lipinski definition) is 0. The molecule has 21 heavy (non-hydrogen) atoms. The summed E-state index contributed by atoms with van der Waals surface area (Å²) in [6, 6.07) is 8.53. The van der Waals surface area contributed by atoms with E-state index in [0.717, 1.165) is 6.07 Å². The molecule has 2 aromatic carbocycles. The fourth-order valence-electron chi connectivity index (χ4n) is 2.15. The SMILES string of the molecule is COc1cccc(-c2ccccc2C(F)(F)F)c1C(F)F. The van der Waals surface area contributed by atoms with E-state index in [0.29, 0.717) is 0 Å². The number of hydrogen-bond acceptors (Lipinski definition) is 1. The van der Waals surface area contributed by atoms with E-state index < -0.39 is 23.7 Å². The molecule has 0 unspecified atom stereocenters. The molecule has 0 radical (unpaired) electrons. The van der Waals surface area contributed by atoms with Gasteiger partial charge in [0, 0.05) is 0 Å². The predicted octanol–water partition coefficient (Wildman–Crippen LogP) is 5.32. The zero-order valence-corrected chi connectivity index (χ0v) is 10.9. The maximum absolute atomic E-state index is 13.2. The Labute approximate surface area is 118 Å². The van der Waals surface area contributed by atoms with E-state index in [1.54, 1.807) is 0 Å². The number of alkyl halides is 5. The number of rotatable bonds is 3. The van der Waals surface area contributed by atoms with Gasteiger partial charge in [-0.15, -0.1) is 0 Å². The standard InChI is InChI=1S/C15H11F5O/c1-21-12-8-4-6-10(13(12)14(16)17)9-5-2-3-7-11(9)15(18,19)20/h2-8,14H,1H3. The molecule has 0 saturated heterocycles. The lowest BCUT2D eigenvalue weighted by Crippen LogP contribution is -2.08. The first-order chi connectivity index (χ1) is 9.86. The number of halogens is 5. The van der Waals surface area contributed by atoms with Crippen LogP contribution in [-0.2, 0) is 6.18 Å². The van der Waals surface area contributed by atoms with Crippen molar-refractivity contribution in [3.63, 3.8) is 0 Å². The number of benzene rings is 2. The Balaban J connectivity index is 2.74. The molecule has 0 amide bonds. The maximum atomic E-state index is 13.2. The Bertz CT molecular complexity index is 634. The molecule has 0 atom stereocenters. The van der Waals surface area contributed by atoms with Gasteiger partial charge in [-0.1, -0.05) is 30.3 Å². The van der Waals surface area contributed by atoms with Crippen molar-refractivity contribution in [2.45, 2.75) is 12.6 Å². The van der Waals surface area contributed by atoms with Crippen LogP contribution in [-0.4, -0.2) is 7.11 Å². The highest BCUT2D eigenvalue weighted by Crippen LogP contribution is 2.42. The van der Waals surface area contributed by atoms with Crippen molar-refractivity contribution in [1.82, 2.24) is 0 Å². The van der Waals surface area contributed by atoms with Gasteiger partial charge in [0.25, 0.3) is 6.43 Å². The molecular formula is C15H11F5O. The highest BCUT2D eigenvalue weighted by molar-refractivity contribution is 5.74. The van der Waals surface area contributed by atoms with Crippen LogP contribution in [0.1, 0.15) is 17.6 Å². The van der Waals surface area contributed by atoms with Gasteiger partial charge in [-0.25, -0.2) is 8.78 Å². The topological polar surface area (TPSA) is 9.23 Å². The van der Waals surface area contributed by atoms with Crippen molar-refractivity contribution in [2.75, 3.05) is 7.11 Å². The zero-order valence-electron chi connectivity index (χ0n) is 10.9. The lowest BCUT2D eigenvalue weighted by molar-refractivity contribution is -0.137. The summed E-state index contributed by atoms with van der Waals surface area (Å²) in [6.45, 7) is 0. The molecule has 6 heteroatoms. The van der Waals surface area contributed by atoms with Gasteiger partial charge in [0.05, 0.1) is 18.2 Å². The fourth-order valence-corrected chi connectivity index (χ4v) is 2.15. The van der Waals surface area contributed by atoms with Gasteiger partial charge in [-0.3, -0.25) is 0 Å². The van der Waals surface area contributed by atoms with Gasteiger partial charge >= 0.3 is 6.18 Å². The minimum absolute atomic E-state index is 0.139. The molecule has 0 heterocycles. The van der Waals surface area contributed by atoms with E-state index in [9.17, 15) is 22.0 Å². The van der Waals surface area contributed by atoms with Crippen molar-refractivity contribution < 1.29 is 26.7 Å². The molecule has 0 spiro atoms. The van der Waals surface area contributed by atoms with E-state index in [4.69, 9.17) is 4.74 Å². The molecule has 2 aromatic rings. The Morgan fingerprint density at radius 3 is 2.10 bits per heavy atom. The molecule has 0 aliphatic carbocycles. The zero-order chi connectivity index (χ0) is 15.6. The molecule has 0 aliphatic heterocycles. The average Bonchev–Trinajstić information content (AvgIpc) is 2.45. The van der Waals surface area contributed by atoms with E-state index >= 15 is 0 Å². The molecule has 0 fully saturated rings. The van der Waals surface area contributed by atoms with Crippen LogP contribution >= 0.6 is 0 Å². The molecule has 112 valence electrons. The monoisotopic (exact) mass is 302 g/mol. The summed E-state index contributed by atoms with van der Waals surface area (Å²) in [6.07, 6.45) is -7.57. The van der Waals surface area contributed by atoms with E-state index in [2.05, 4.69) is 0 Å². The van der Waals surface area contributed by atoms with Crippen LogP contribution < -0.4 is 4.74 Å². The third-order valence-corrected chi connectivity index (χ3v) is 3.03. The summed E-state index contributed by atoms with van der Waals surface area (Å²) in [5, 5.41) is 0.